The first-order chi connectivity index (χ1) is 15.9. The monoisotopic (exact) mass is 481 g/mol. The van der Waals surface area contributed by atoms with Crippen molar-refractivity contribution in [1.29, 1.82) is 0 Å². The Hall–Kier alpha value is -3.70. The van der Waals surface area contributed by atoms with Crippen molar-refractivity contribution in [2.75, 3.05) is 10.0 Å². The number of hydrogen-bond acceptors (Lipinski definition) is 8. The van der Waals surface area contributed by atoms with Crippen LogP contribution in [0.4, 0.5) is 11.5 Å². The zero-order valence-electron chi connectivity index (χ0n) is 17.4. The predicted octanol–water partition coefficient (Wildman–Crippen LogP) is 4.12. The lowest BCUT2D eigenvalue weighted by molar-refractivity contribution is 0.102. The quantitative estimate of drug-likeness (QED) is 0.360. The Labute approximate surface area is 194 Å². The predicted molar refractivity (Wildman–Crippen MR) is 124 cm³/mol. The summed E-state index contributed by atoms with van der Waals surface area (Å²) < 4.78 is 32.2. The molecule has 11 heteroatoms. The van der Waals surface area contributed by atoms with Crippen molar-refractivity contribution >= 4 is 39.2 Å². The molecule has 1 amide bonds. The van der Waals surface area contributed by atoms with Gasteiger partial charge in [-0.15, -0.1) is 11.8 Å². The number of thioether (sulfide) groups is 1. The van der Waals surface area contributed by atoms with Crippen molar-refractivity contribution in [2.24, 2.45) is 0 Å². The number of benzene rings is 2. The third-order valence-electron chi connectivity index (χ3n) is 4.40. The Morgan fingerprint density at radius 1 is 1.09 bits per heavy atom. The van der Waals surface area contributed by atoms with E-state index in [4.69, 9.17) is 4.52 Å². The van der Waals surface area contributed by atoms with Crippen LogP contribution in [0, 0.1) is 6.92 Å². The number of rotatable bonds is 8. The van der Waals surface area contributed by atoms with E-state index in [9.17, 15) is 13.2 Å². The van der Waals surface area contributed by atoms with Crippen molar-refractivity contribution in [3.63, 3.8) is 0 Å². The van der Waals surface area contributed by atoms with Gasteiger partial charge >= 0.3 is 0 Å². The number of hydrogen-bond donors (Lipinski definition) is 2. The molecule has 0 fully saturated rings. The third kappa shape index (κ3) is 5.96. The summed E-state index contributed by atoms with van der Waals surface area (Å²) in [6.07, 6.45) is 4.94. The maximum Gasteiger partial charge on any atom is 0.263 e. The molecular formula is C22H19N5O4S2. The fourth-order valence-electron chi connectivity index (χ4n) is 2.85. The van der Waals surface area contributed by atoms with Crippen LogP contribution in [-0.2, 0) is 15.8 Å². The highest BCUT2D eigenvalue weighted by Gasteiger charge is 2.16. The number of aromatic nitrogens is 3. The lowest BCUT2D eigenvalue weighted by atomic mass is 10.1. The number of carbonyl (C=O) groups excluding carboxylic acids is 1. The van der Waals surface area contributed by atoms with Gasteiger partial charge in [-0.2, -0.15) is 0 Å². The summed E-state index contributed by atoms with van der Waals surface area (Å²) in [7, 11) is -3.83. The van der Waals surface area contributed by atoms with Gasteiger partial charge in [-0.1, -0.05) is 17.3 Å². The van der Waals surface area contributed by atoms with Gasteiger partial charge in [0, 0.05) is 35.5 Å². The van der Waals surface area contributed by atoms with E-state index in [0.717, 1.165) is 10.6 Å². The van der Waals surface area contributed by atoms with Crippen LogP contribution >= 0.6 is 11.8 Å². The molecule has 33 heavy (non-hydrogen) atoms. The van der Waals surface area contributed by atoms with Gasteiger partial charge in [0.15, 0.2) is 5.82 Å². The number of aryl methyl sites for hydroxylation is 1. The summed E-state index contributed by atoms with van der Waals surface area (Å²) in [4.78, 5) is 21.0. The number of carbonyl (C=O) groups is 1. The Kier molecular flexibility index (Phi) is 6.71. The van der Waals surface area contributed by atoms with Crippen LogP contribution in [-0.4, -0.2) is 29.4 Å². The Morgan fingerprint density at radius 3 is 2.61 bits per heavy atom. The zero-order chi connectivity index (χ0) is 23.3. The summed E-state index contributed by atoms with van der Waals surface area (Å²) in [6.45, 7) is 1.66. The van der Waals surface area contributed by atoms with E-state index < -0.39 is 10.0 Å². The van der Waals surface area contributed by atoms with E-state index in [1.165, 1.54) is 42.1 Å². The molecule has 0 bridgehead atoms. The van der Waals surface area contributed by atoms with E-state index in [-0.39, 0.29) is 16.6 Å². The molecule has 0 aliphatic heterocycles. The molecule has 0 radical (unpaired) electrons. The van der Waals surface area contributed by atoms with Crippen LogP contribution in [0.2, 0.25) is 0 Å². The molecule has 0 atom stereocenters. The fourth-order valence-corrected chi connectivity index (χ4v) is 4.60. The highest BCUT2D eigenvalue weighted by molar-refractivity contribution is 7.98. The summed E-state index contributed by atoms with van der Waals surface area (Å²) in [6, 6.07) is 14.6. The fraction of sp³-hybridized carbons (Fsp3) is 0.0909. The molecule has 4 rings (SSSR count). The minimum Gasteiger partial charge on any atom is -0.360 e. The van der Waals surface area contributed by atoms with Gasteiger partial charge in [0.2, 0.25) is 0 Å². The molecule has 0 unspecified atom stereocenters. The van der Waals surface area contributed by atoms with Crippen molar-refractivity contribution in [3.8, 4) is 0 Å². The van der Waals surface area contributed by atoms with Crippen LogP contribution in [0.1, 0.15) is 21.7 Å². The highest BCUT2D eigenvalue weighted by Crippen LogP contribution is 2.21. The molecule has 0 spiro atoms. The number of anilines is 2. The van der Waals surface area contributed by atoms with E-state index >= 15 is 0 Å². The molecule has 0 aliphatic rings. The van der Waals surface area contributed by atoms with Gasteiger partial charge in [-0.25, -0.2) is 13.4 Å². The lowest BCUT2D eigenvalue weighted by Crippen LogP contribution is -2.14. The maximum atomic E-state index is 12.7. The Bertz CT molecular complexity index is 1360. The normalized spacial score (nSPS) is 11.2. The van der Waals surface area contributed by atoms with Crippen LogP contribution < -0.4 is 10.0 Å². The average Bonchev–Trinajstić information content (AvgIpc) is 3.22. The summed E-state index contributed by atoms with van der Waals surface area (Å²) >= 11 is 1.53. The minimum absolute atomic E-state index is 0.0317. The number of nitrogens with one attached hydrogen (secondary N) is 2. The first kappa shape index (κ1) is 22.5. The van der Waals surface area contributed by atoms with Crippen molar-refractivity contribution < 1.29 is 17.7 Å². The number of amides is 1. The largest absolute Gasteiger partial charge is 0.360 e. The summed E-state index contributed by atoms with van der Waals surface area (Å²) in [5.74, 6) is 0.933. The maximum absolute atomic E-state index is 12.7. The molecular weight excluding hydrogens is 462 g/mol. The smallest absolute Gasteiger partial charge is 0.263 e. The second kappa shape index (κ2) is 9.84. The van der Waals surface area contributed by atoms with Crippen LogP contribution in [0.5, 0.6) is 0 Å². The molecule has 168 valence electrons. The first-order valence-corrected chi connectivity index (χ1v) is 12.2. The number of sulfonamides is 1. The average molecular weight is 482 g/mol. The van der Waals surface area contributed by atoms with Gasteiger partial charge in [-0.05, 0) is 48.9 Å². The molecule has 2 N–H and O–H groups in total. The van der Waals surface area contributed by atoms with Crippen molar-refractivity contribution in [1.82, 2.24) is 15.1 Å². The second-order valence-electron chi connectivity index (χ2n) is 6.94. The van der Waals surface area contributed by atoms with E-state index in [1.54, 1.807) is 37.6 Å². The van der Waals surface area contributed by atoms with Gasteiger partial charge < -0.3 is 9.84 Å². The van der Waals surface area contributed by atoms with Gasteiger partial charge in [0.05, 0.1) is 11.1 Å². The Morgan fingerprint density at radius 2 is 1.91 bits per heavy atom. The summed E-state index contributed by atoms with van der Waals surface area (Å²) in [5.41, 5.74) is 1.93. The standard InChI is InChI=1S/C22H19N5O4S2/c1-15-11-20(26-31-15)27-33(29,30)19-7-5-18(6-8-19)25-22(28)17-4-2-3-16(12-17)14-32-21-13-23-9-10-24-21/h2-13H,14H2,1H3,(H,25,28)(H,26,27). The van der Waals surface area contributed by atoms with Gasteiger partial charge in [0.1, 0.15) is 10.8 Å². The number of nitrogens with zero attached hydrogens (tertiary/aromatic N) is 3. The zero-order valence-corrected chi connectivity index (χ0v) is 19.1. The third-order valence-corrected chi connectivity index (χ3v) is 6.76. The van der Waals surface area contributed by atoms with E-state index in [1.807, 2.05) is 12.1 Å². The Balaban J connectivity index is 1.39. The van der Waals surface area contributed by atoms with Gasteiger partial charge in [0.25, 0.3) is 15.9 Å². The molecule has 2 heterocycles. The van der Waals surface area contributed by atoms with Crippen LogP contribution in [0.25, 0.3) is 0 Å². The highest BCUT2D eigenvalue weighted by atomic mass is 32.2. The minimum atomic E-state index is -3.83. The lowest BCUT2D eigenvalue weighted by Gasteiger charge is -2.09. The molecule has 0 saturated heterocycles. The molecule has 0 aliphatic carbocycles. The second-order valence-corrected chi connectivity index (χ2v) is 9.62. The van der Waals surface area contributed by atoms with Crippen molar-refractivity contribution in [3.05, 3.63) is 90.1 Å². The van der Waals surface area contributed by atoms with Crippen LogP contribution in [0.15, 0.2) is 87.6 Å². The molecule has 4 aromatic rings. The summed E-state index contributed by atoms with van der Waals surface area (Å²) in [5, 5.41) is 7.21. The first-order valence-electron chi connectivity index (χ1n) is 9.74. The topological polar surface area (TPSA) is 127 Å². The van der Waals surface area contributed by atoms with Gasteiger partial charge in [-0.3, -0.25) is 14.5 Å². The SMILES string of the molecule is Cc1cc(NS(=O)(=O)c2ccc(NC(=O)c3cccc(CSc4cnccn4)c3)cc2)no1. The van der Waals surface area contributed by atoms with E-state index in [2.05, 4.69) is 25.2 Å². The molecule has 9 nitrogen and oxygen atoms in total. The molecule has 2 aromatic heterocycles. The van der Waals surface area contributed by atoms with E-state index in [0.29, 0.717) is 22.8 Å². The molecule has 0 saturated carbocycles. The van der Waals surface area contributed by atoms with Crippen LogP contribution in [0.3, 0.4) is 0 Å². The van der Waals surface area contributed by atoms with Crippen molar-refractivity contribution in [2.45, 2.75) is 22.6 Å². The molecule has 2 aromatic carbocycles.